The van der Waals surface area contributed by atoms with Gasteiger partial charge in [-0.15, -0.1) is 0 Å². The molecule has 4 N–H and O–H groups in total. The molecule has 0 radical (unpaired) electrons. The number of anilines is 2. The van der Waals surface area contributed by atoms with E-state index in [4.69, 9.17) is 11.0 Å². The number of hydrogen-bond donors (Lipinski definition) is 3. The van der Waals surface area contributed by atoms with Crippen molar-refractivity contribution in [3.05, 3.63) is 59.8 Å². The zero-order valence-corrected chi connectivity index (χ0v) is 24.8. The zero-order chi connectivity index (χ0) is 32.4. The Morgan fingerprint density at radius 3 is 2.61 bits per heavy atom. The Hall–Kier alpha value is -4.81. The van der Waals surface area contributed by atoms with E-state index in [-0.39, 0.29) is 49.1 Å². The molecular formula is C31H37F3N10O2. The first kappa shape index (κ1) is 34.1. The Labute approximate surface area is 264 Å². The van der Waals surface area contributed by atoms with Crippen LogP contribution in [0.3, 0.4) is 0 Å². The quantitative estimate of drug-likeness (QED) is 0.242. The summed E-state index contributed by atoms with van der Waals surface area (Å²) >= 11 is 0. The van der Waals surface area contributed by atoms with Gasteiger partial charge in [-0.1, -0.05) is 14.4 Å². The standard InChI is InChI=1S/C23H19F3N8O2.C7H14N2.CH4/c1-2-14-11-15(3-4-16(14)22(36)29-7-10-35)31-20-21-30-12-18(34(21)9-6-28-20)17-13-33(8-5-27)32-19(17)23(24,25)26;1-9-4-7(5-9)2-6(8)3-7;/h3-4,6,9-13H,2,7-8H2,1H3,(H,28,31)(H,29,36);6H,2-5,8H2,1H3;1H4. The third-order valence-corrected chi connectivity index (χ3v) is 7.91. The van der Waals surface area contributed by atoms with Crippen LogP contribution in [0.15, 0.2) is 43.0 Å². The number of rotatable bonds is 8. The number of fused-ring (bicyclic) bond motifs is 1. The van der Waals surface area contributed by atoms with E-state index in [1.165, 1.54) is 48.9 Å². The summed E-state index contributed by atoms with van der Waals surface area (Å²) in [6, 6.07) is 7.31. The first-order valence-electron chi connectivity index (χ1n) is 14.4. The number of halogens is 3. The molecule has 4 heterocycles. The number of nitrogens with one attached hydrogen (secondary N) is 2. The van der Waals surface area contributed by atoms with Crippen molar-refractivity contribution in [2.45, 2.75) is 52.4 Å². The van der Waals surface area contributed by atoms with Crippen molar-refractivity contribution in [3.8, 4) is 17.3 Å². The fraction of sp³-hybridized carbons (Fsp3) is 0.419. The second kappa shape index (κ2) is 13.7. The molecule has 0 bridgehead atoms. The maximum absolute atomic E-state index is 13.6. The average Bonchev–Trinajstić information content (AvgIpc) is 3.60. The number of aldehydes is 1. The van der Waals surface area contributed by atoms with Crippen molar-refractivity contribution in [1.29, 1.82) is 5.26 Å². The topological polar surface area (TPSA) is 159 Å². The lowest BCUT2D eigenvalue weighted by molar-refractivity contribution is -0.141. The second-order valence-corrected chi connectivity index (χ2v) is 11.4. The van der Waals surface area contributed by atoms with Gasteiger partial charge in [0.25, 0.3) is 5.91 Å². The average molecular weight is 639 g/mol. The molecule has 1 spiro atoms. The number of aryl methyl sites for hydroxylation is 1. The Kier molecular flexibility index (Phi) is 10.1. The first-order valence-corrected chi connectivity index (χ1v) is 14.4. The Morgan fingerprint density at radius 2 is 2.00 bits per heavy atom. The lowest BCUT2D eigenvalue weighted by Crippen LogP contribution is -2.63. The number of nitrogens with zero attached hydrogens (tertiary/aromatic N) is 7. The number of hydrogen-bond acceptors (Lipinski definition) is 9. The van der Waals surface area contributed by atoms with Crippen LogP contribution in [0.5, 0.6) is 0 Å². The third-order valence-electron chi connectivity index (χ3n) is 7.91. The third kappa shape index (κ3) is 7.03. The summed E-state index contributed by atoms with van der Waals surface area (Å²) in [6.45, 7) is 4.03. The van der Waals surface area contributed by atoms with Gasteiger partial charge in [0.15, 0.2) is 17.2 Å². The lowest BCUT2D eigenvalue weighted by atomic mass is 9.61. The summed E-state index contributed by atoms with van der Waals surface area (Å²) in [4.78, 5) is 33.7. The van der Waals surface area contributed by atoms with Crippen molar-refractivity contribution in [1.82, 2.24) is 34.4 Å². The Morgan fingerprint density at radius 1 is 1.26 bits per heavy atom. The highest BCUT2D eigenvalue weighted by atomic mass is 19.4. The van der Waals surface area contributed by atoms with Crippen molar-refractivity contribution >= 4 is 29.3 Å². The van der Waals surface area contributed by atoms with Crippen LogP contribution in [0.1, 0.15) is 48.8 Å². The molecule has 1 aliphatic carbocycles. The van der Waals surface area contributed by atoms with Crippen LogP contribution in [0.25, 0.3) is 16.9 Å². The number of imidazole rings is 1. The van der Waals surface area contributed by atoms with Gasteiger partial charge in [-0.3, -0.25) is 13.9 Å². The maximum atomic E-state index is 13.6. The predicted octanol–water partition coefficient (Wildman–Crippen LogP) is 4.05. The van der Waals surface area contributed by atoms with E-state index in [1.807, 2.05) is 6.92 Å². The van der Waals surface area contributed by atoms with Crippen LogP contribution in [0.2, 0.25) is 0 Å². The van der Waals surface area contributed by atoms with Crippen molar-refractivity contribution < 1.29 is 22.8 Å². The van der Waals surface area contributed by atoms with E-state index in [0.29, 0.717) is 35.4 Å². The second-order valence-electron chi connectivity index (χ2n) is 11.4. The van der Waals surface area contributed by atoms with Crippen molar-refractivity contribution in [2.24, 2.45) is 11.1 Å². The number of aromatic nitrogens is 5. The van der Waals surface area contributed by atoms with Crippen LogP contribution in [0, 0.1) is 16.7 Å². The molecule has 3 aromatic heterocycles. The van der Waals surface area contributed by atoms with Gasteiger partial charge < -0.3 is 26.1 Å². The minimum atomic E-state index is -4.73. The molecule has 0 unspecified atom stereocenters. The highest BCUT2D eigenvalue weighted by Gasteiger charge is 2.49. The van der Waals surface area contributed by atoms with Crippen LogP contribution in [0.4, 0.5) is 24.7 Å². The lowest BCUT2D eigenvalue weighted by Gasteiger charge is -2.57. The maximum Gasteiger partial charge on any atom is 0.435 e. The number of nitrogens with two attached hydrogens (primary N) is 1. The summed E-state index contributed by atoms with van der Waals surface area (Å²) < 4.78 is 43.3. The summed E-state index contributed by atoms with van der Waals surface area (Å²) in [7, 11) is 2.18. The molecule has 1 saturated heterocycles. The molecule has 1 aliphatic heterocycles. The molecule has 0 atom stereocenters. The molecule has 6 rings (SSSR count). The normalized spacial score (nSPS) is 15.5. The van der Waals surface area contributed by atoms with E-state index in [1.54, 1.807) is 24.3 Å². The van der Waals surface area contributed by atoms with Gasteiger partial charge in [-0.25, -0.2) is 9.97 Å². The minimum Gasteiger partial charge on any atom is -0.345 e. The number of benzene rings is 1. The molecule has 1 aromatic carbocycles. The number of likely N-dealkylation sites (tertiary alicyclic amines) is 1. The first-order chi connectivity index (χ1) is 21.5. The van der Waals surface area contributed by atoms with Crippen LogP contribution in [-0.4, -0.2) is 74.0 Å². The van der Waals surface area contributed by atoms with Gasteiger partial charge >= 0.3 is 6.18 Å². The van der Waals surface area contributed by atoms with Crippen LogP contribution >= 0.6 is 0 Å². The van der Waals surface area contributed by atoms with E-state index in [2.05, 4.69) is 37.6 Å². The highest BCUT2D eigenvalue weighted by Crippen LogP contribution is 2.46. The predicted molar refractivity (Wildman–Crippen MR) is 166 cm³/mol. The Balaban J connectivity index is 0.000000409. The molecule has 2 aliphatic rings. The molecule has 244 valence electrons. The summed E-state index contributed by atoms with van der Waals surface area (Å²) in [5.74, 6) is -0.0945. The van der Waals surface area contributed by atoms with Gasteiger partial charge in [-0.2, -0.15) is 23.5 Å². The van der Waals surface area contributed by atoms with E-state index >= 15 is 0 Å². The number of carbonyl (C=O) groups excluding carboxylic acids is 2. The van der Waals surface area contributed by atoms with Gasteiger partial charge in [-0.05, 0) is 55.5 Å². The number of alkyl halides is 3. The SMILES string of the molecule is C.CCc1cc(Nc2nccn3c(-c4cn(CC#N)nc4C(F)(F)F)cnc23)ccc1C(=O)NCC=O.CN1CC2(CC(N)C2)C1. The molecular weight excluding hydrogens is 601 g/mol. The van der Waals surface area contributed by atoms with Gasteiger partial charge in [0, 0.05) is 49.0 Å². The molecule has 1 saturated carbocycles. The van der Waals surface area contributed by atoms with Crippen molar-refractivity contribution in [2.75, 3.05) is 32.0 Å². The molecule has 2 fully saturated rings. The van der Waals surface area contributed by atoms with Gasteiger partial charge in [0.2, 0.25) is 0 Å². The number of nitriles is 1. The summed E-state index contributed by atoms with van der Waals surface area (Å²) in [5.41, 5.74) is 7.16. The smallest absolute Gasteiger partial charge is 0.345 e. The van der Waals surface area contributed by atoms with E-state index in [9.17, 15) is 22.8 Å². The van der Waals surface area contributed by atoms with Crippen LogP contribution < -0.4 is 16.4 Å². The van der Waals surface area contributed by atoms with Crippen LogP contribution in [-0.2, 0) is 23.9 Å². The zero-order valence-electron chi connectivity index (χ0n) is 24.8. The fourth-order valence-corrected chi connectivity index (χ4v) is 6.14. The van der Waals surface area contributed by atoms with Gasteiger partial charge in [0.1, 0.15) is 12.8 Å². The number of carbonyl (C=O) groups is 2. The number of amides is 1. The summed E-state index contributed by atoms with van der Waals surface area (Å²) in [6.07, 6.45) is 4.28. The minimum absolute atomic E-state index is 0. The molecule has 1 amide bonds. The molecule has 46 heavy (non-hydrogen) atoms. The fourth-order valence-electron chi connectivity index (χ4n) is 6.14. The monoisotopic (exact) mass is 638 g/mol. The molecule has 12 nitrogen and oxygen atoms in total. The van der Waals surface area contributed by atoms with E-state index in [0.717, 1.165) is 16.4 Å². The van der Waals surface area contributed by atoms with Crippen molar-refractivity contribution in [3.63, 3.8) is 0 Å². The molecule has 15 heteroatoms. The largest absolute Gasteiger partial charge is 0.435 e. The summed E-state index contributed by atoms with van der Waals surface area (Å²) in [5, 5.41) is 18.0. The highest BCUT2D eigenvalue weighted by molar-refractivity contribution is 5.97. The Bertz CT molecular complexity index is 1730. The van der Waals surface area contributed by atoms with Gasteiger partial charge in [0.05, 0.1) is 30.1 Å². The van der Waals surface area contributed by atoms with E-state index < -0.39 is 11.9 Å². The molecule has 4 aromatic rings.